The van der Waals surface area contributed by atoms with E-state index in [4.69, 9.17) is 0 Å². The molecule has 2 aromatic carbocycles. The fourth-order valence-electron chi connectivity index (χ4n) is 4.53. The van der Waals surface area contributed by atoms with Gasteiger partial charge in [-0.15, -0.1) is 0 Å². The van der Waals surface area contributed by atoms with Crippen molar-refractivity contribution in [1.82, 2.24) is 14.5 Å². The molecule has 1 N–H and O–H groups in total. The van der Waals surface area contributed by atoms with Crippen molar-refractivity contribution < 1.29 is 13.2 Å². The monoisotopic (exact) mass is 427 g/mol. The normalized spacial score (nSPS) is 25.8. The van der Waals surface area contributed by atoms with Crippen molar-refractivity contribution in [3.05, 3.63) is 66.2 Å². The third-order valence-electron chi connectivity index (χ3n) is 6.18. The number of nitrogens with zero attached hydrogens (tertiary/aromatic N) is 2. The quantitative estimate of drug-likeness (QED) is 0.797. The molecule has 0 aromatic heterocycles. The maximum Gasteiger partial charge on any atom is 0.243 e. The molecule has 2 fully saturated rings. The fraction of sp³-hybridized carbons (Fsp3) is 0.435. The number of rotatable bonds is 5. The molecule has 3 atom stereocenters. The Labute approximate surface area is 178 Å². The van der Waals surface area contributed by atoms with Crippen molar-refractivity contribution in [3.63, 3.8) is 0 Å². The second-order valence-corrected chi connectivity index (χ2v) is 10.2. The Kier molecular flexibility index (Phi) is 6.22. The molecule has 30 heavy (non-hydrogen) atoms. The molecule has 2 heterocycles. The molecular formula is C23H29N3O3S. The van der Waals surface area contributed by atoms with Crippen molar-refractivity contribution in [2.24, 2.45) is 5.92 Å². The summed E-state index contributed by atoms with van der Waals surface area (Å²) in [5.74, 6) is -0.371. The van der Waals surface area contributed by atoms with Crippen LogP contribution in [0.1, 0.15) is 30.9 Å². The fourth-order valence-corrected chi connectivity index (χ4v) is 6.24. The van der Waals surface area contributed by atoms with E-state index in [0.29, 0.717) is 12.8 Å². The lowest BCUT2D eigenvalue weighted by Gasteiger charge is -2.38. The summed E-state index contributed by atoms with van der Waals surface area (Å²) >= 11 is 0. The average molecular weight is 428 g/mol. The number of hydrogen-bond acceptors (Lipinski definition) is 4. The lowest BCUT2D eigenvalue weighted by atomic mass is 9.90. The number of piperidine rings is 1. The number of benzene rings is 2. The Bertz CT molecular complexity index is 966. The van der Waals surface area contributed by atoms with E-state index in [0.717, 1.165) is 25.1 Å². The molecule has 2 aromatic rings. The van der Waals surface area contributed by atoms with Gasteiger partial charge in [-0.05, 0) is 50.6 Å². The van der Waals surface area contributed by atoms with Crippen LogP contribution in [-0.2, 0) is 14.8 Å². The van der Waals surface area contributed by atoms with Gasteiger partial charge in [0.2, 0.25) is 15.9 Å². The lowest BCUT2D eigenvalue weighted by Crippen LogP contribution is -2.49. The first kappa shape index (κ1) is 21.0. The van der Waals surface area contributed by atoms with Gasteiger partial charge in [0, 0.05) is 19.1 Å². The van der Waals surface area contributed by atoms with Gasteiger partial charge < -0.3 is 10.2 Å². The molecule has 4 rings (SSSR count). The number of hydrogen-bond donors (Lipinski definition) is 1. The lowest BCUT2D eigenvalue weighted by molar-refractivity contribution is -0.127. The molecular weight excluding hydrogens is 398 g/mol. The molecule has 3 unspecified atom stereocenters. The Morgan fingerprint density at radius 2 is 1.60 bits per heavy atom. The molecule has 1 amide bonds. The molecule has 0 saturated carbocycles. The van der Waals surface area contributed by atoms with Gasteiger partial charge in [-0.25, -0.2) is 8.42 Å². The largest absolute Gasteiger partial charge is 0.352 e. The van der Waals surface area contributed by atoms with Crippen LogP contribution in [0.5, 0.6) is 0 Å². The Hall–Kier alpha value is -2.22. The first-order valence-corrected chi connectivity index (χ1v) is 12.0. The predicted molar refractivity (Wildman–Crippen MR) is 116 cm³/mol. The summed E-state index contributed by atoms with van der Waals surface area (Å²) < 4.78 is 28.6. The first-order valence-electron chi connectivity index (χ1n) is 10.6. The second kappa shape index (κ2) is 8.88. The number of carbonyl (C=O) groups excluding carboxylic acids is 1. The minimum atomic E-state index is -3.72. The Morgan fingerprint density at radius 1 is 0.933 bits per heavy atom. The van der Waals surface area contributed by atoms with Crippen LogP contribution in [0.4, 0.5) is 0 Å². The van der Waals surface area contributed by atoms with E-state index in [1.54, 1.807) is 30.3 Å². The summed E-state index contributed by atoms with van der Waals surface area (Å²) in [6.07, 6.45) is 2.24. The molecule has 160 valence electrons. The third-order valence-corrected chi connectivity index (χ3v) is 8.07. The summed E-state index contributed by atoms with van der Waals surface area (Å²) in [4.78, 5) is 15.4. The van der Waals surface area contributed by atoms with Crippen molar-refractivity contribution in [3.8, 4) is 0 Å². The predicted octanol–water partition coefficient (Wildman–Crippen LogP) is 2.65. The molecule has 6 nitrogen and oxygen atoms in total. The SMILES string of the molecule is CN1CCC(NC(=O)C2CCC(c3ccccc3)N(S(=O)(=O)c3ccccc3)C2)C1. The van der Waals surface area contributed by atoms with E-state index in [1.165, 1.54) is 4.31 Å². The zero-order valence-electron chi connectivity index (χ0n) is 17.3. The van der Waals surface area contributed by atoms with Gasteiger partial charge in [0.05, 0.1) is 16.9 Å². The van der Waals surface area contributed by atoms with Gasteiger partial charge in [0.1, 0.15) is 0 Å². The zero-order chi connectivity index (χ0) is 21.1. The van der Waals surface area contributed by atoms with Gasteiger partial charge in [-0.2, -0.15) is 4.31 Å². The minimum Gasteiger partial charge on any atom is -0.352 e. The smallest absolute Gasteiger partial charge is 0.243 e. The second-order valence-electron chi connectivity index (χ2n) is 8.34. The van der Waals surface area contributed by atoms with E-state index < -0.39 is 10.0 Å². The van der Waals surface area contributed by atoms with Crippen LogP contribution in [0.15, 0.2) is 65.6 Å². The van der Waals surface area contributed by atoms with Crippen molar-refractivity contribution in [1.29, 1.82) is 0 Å². The van der Waals surface area contributed by atoms with Crippen molar-refractivity contribution in [2.75, 3.05) is 26.7 Å². The number of amides is 1. The van der Waals surface area contributed by atoms with E-state index in [-0.39, 0.29) is 35.3 Å². The molecule has 0 bridgehead atoms. The zero-order valence-corrected chi connectivity index (χ0v) is 18.1. The van der Waals surface area contributed by atoms with Gasteiger partial charge >= 0.3 is 0 Å². The molecule has 2 aliphatic rings. The summed E-state index contributed by atoms with van der Waals surface area (Å²) in [5, 5.41) is 3.14. The maximum atomic E-state index is 13.5. The summed E-state index contributed by atoms with van der Waals surface area (Å²) in [6, 6.07) is 18.1. The van der Waals surface area contributed by atoms with Gasteiger partial charge in [-0.3, -0.25) is 4.79 Å². The van der Waals surface area contributed by atoms with Gasteiger partial charge in [0.15, 0.2) is 0 Å². The van der Waals surface area contributed by atoms with Crippen molar-refractivity contribution >= 4 is 15.9 Å². The van der Waals surface area contributed by atoms with Gasteiger partial charge in [0.25, 0.3) is 0 Å². The van der Waals surface area contributed by atoms with Crippen LogP contribution in [0.2, 0.25) is 0 Å². The van der Waals surface area contributed by atoms with Gasteiger partial charge in [-0.1, -0.05) is 48.5 Å². The van der Waals surface area contributed by atoms with Crippen LogP contribution < -0.4 is 5.32 Å². The summed E-state index contributed by atoms with van der Waals surface area (Å²) in [7, 11) is -1.67. The molecule has 2 saturated heterocycles. The van der Waals surface area contributed by atoms with E-state index in [9.17, 15) is 13.2 Å². The number of sulfonamides is 1. The highest BCUT2D eigenvalue weighted by Crippen LogP contribution is 2.37. The number of carbonyl (C=O) groups is 1. The molecule has 7 heteroatoms. The summed E-state index contributed by atoms with van der Waals surface area (Å²) in [6.45, 7) is 2.02. The van der Waals surface area contributed by atoms with E-state index in [2.05, 4.69) is 10.2 Å². The van der Waals surface area contributed by atoms with Crippen LogP contribution in [-0.4, -0.2) is 56.3 Å². The highest BCUT2D eigenvalue weighted by atomic mass is 32.2. The molecule has 2 aliphatic heterocycles. The van der Waals surface area contributed by atoms with E-state index >= 15 is 0 Å². The van der Waals surface area contributed by atoms with Crippen LogP contribution in [0.25, 0.3) is 0 Å². The highest BCUT2D eigenvalue weighted by Gasteiger charge is 2.40. The number of likely N-dealkylation sites (tertiary alicyclic amines) is 1. The van der Waals surface area contributed by atoms with Crippen LogP contribution in [0.3, 0.4) is 0 Å². The average Bonchev–Trinajstić information content (AvgIpc) is 3.19. The first-order chi connectivity index (χ1) is 14.4. The number of likely N-dealkylation sites (N-methyl/N-ethyl adjacent to an activating group) is 1. The minimum absolute atomic E-state index is 0.0323. The molecule has 0 spiro atoms. The molecule has 0 radical (unpaired) electrons. The standard InChI is InChI=1S/C23H29N3O3S/c1-25-15-14-20(17-25)24-23(27)19-12-13-22(18-8-4-2-5-9-18)26(16-19)30(28,29)21-10-6-3-7-11-21/h2-11,19-20,22H,12-17H2,1H3,(H,24,27). The Morgan fingerprint density at radius 3 is 2.23 bits per heavy atom. The van der Waals surface area contributed by atoms with Crippen molar-refractivity contribution in [2.45, 2.75) is 36.2 Å². The maximum absolute atomic E-state index is 13.5. The highest BCUT2D eigenvalue weighted by molar-refractivity contribution is 7.89. The third kappa shape index (κ3) is 4.43. The molecule has 0 aliphatic carbocycles. The summed E-state index contributed by atoms with van der Waals surface area (Å²) in [5.41, 5.74) is 0.966. The Balaban J connectivity index is 1.58. The van der Waals surface area contributed by atoms with Crippen LogP contribution in [0, 0.1) is 5.92 Å². The van der Waals surface area contributed by atoms with Crippen LogP contribution >= 0.6 is 0 Å². The topological polar surface area (TPSA) is 69.7 Å². The van der Waals surface area contributed by atoms with E-state index in [1.807, 2.05) is 37.4 Å². The number of nitrogens with one attached hydrogen (secondary N) is 1.